The predicted molar refractivity (Wildman–Crippen MR) is 72.5 cm³/mol. The first-order chi connectivity index (χ1) is 8.39. The van der Waals surface area contributed by atoms with E-state index in [1.807, 2.05) is 0 Å². The number of rotatable bonds is 7. The molecular formula is C10H23N5O2S. The Bertz CT molecular complexity index is 376. The van der Waals surface area contributed by atoms with Gasteiger partial charge in [0.15, 0.2) is 5.96 Å². The second-order valence-electron chi connectivity index (χ2n) is 4.71. The molecule has 0 radical (unpaired) electrons. The van der Waals surface area contributed by atoms with Crippen LogP contribution in [0.25, 0.3) is 0 Å². The molecule has 5 N–H and O–H groups in total. The van der Waals surface area contributed by atoms with Crippen LogP contribution in [0.5, 0.6) is 0 Å². The van der Waals surface area contributed by atoms with Gasteiger partial charge in [-0.3, -0.25) is 4.99 Å². The maximum Gasteiger partial charge on any atom is 0.277 e. The van der Waals surface area contributed by atoms with Gasteiger partial charge in [0.05, 0.1) is 6.54 Å². The van der Waals surface area contributed by atoms with E-state index in [9.17, 15) is 8.42 Å². The molecule has 1 aliphatic carbocycles. The summed E-state index contributed by atoms with van der Waals surface area (Å²) in [5, 5.41) is 3.08. The van der Waals surface area contributed by atoms with Crippen molar-refractivity contribution in [1.82, 2.24) is 14.8 Å². The first-order valence-corrected chi connectivity index (χ1v) is 7.71. The van der Waals surface area contributed by atoms with Gasteiger partial charge in [0.2, 0.25) is 0 Å². The minimum absolute atomic E-state index is 0.128. The Kier molecular flexibility index (Phi) is 5.83. The van der Waals surface area contributed by atoms with E-state index in [0.29, 0.717) is 18.5 Å². The zero-order chi connectivity index (χ0) is 13.6. The smallest absolute Gasteiger partial charge is 0.277 e. The van der Waals surface area contributed by atoms with Crippen LogP contribution in [0.1, 0.15) is 33.1 Å². The molecule has 0 unspecified atom stereocenters. The molecule has 0 atom stereocenters. The van der Waals surface area contributed by atoms with Crippen molar-refractivity contribution < 1.29 is 8.42 Å². The van der Waals surface area contributed by atoms with Crippen LogP contribution in [-0.2, 0) is 10.2 Å². The van der Waals surface area contributed by atoms with Crippen molar-refractivity contribution in [1.29, 1.82) is 0 Å². The average Bonchev–Trinajstić information content (AvgIpc) is 2.16. The van der Waals surface area contributed by atoms with Crippen LogP contribution < -0.4 is 20.5 Å². The molecule has 0 aliphatic heterocycles. The van der Waals surface area contributed by atoms with E-state index >= 15 is 0 Å². The zero-order valence-electron chi connectivity index (χ0n) is 10.9. The summed E-state index contributed by atoms with van der Waals surface area (Å²) in [6.45, 7) is 4.08. The van der Waals surface area contributed by atoms with Crippen molar-refractivity contribution in [3.63, 3.8) is 0 Å². The van der Waals surface area contributed by atoms with Gasteiger partial charge in [-0.25, -0.2) is 4.72 Å². The van der Waals surface area contributed by atoms with E-state index in [4.69, 9.17) is 5.73 Å². The number of aliphatic imine (C=N–C) groups is 1. The molecule has 0 aromatic heterocycles. The van der Waals surface area contributed by atoms with Crippen molar-refractivity contribution in [2.24, 2.45) is 10.7 Å². The summed E-state index contributed by atoms with van der Waals surface area (Å²) in [6.07, 6.45) is 3.48. The fourth-order valence-corrected chi connectivity index (χ4v) is 2.58. The lowest BCUT2D eigenvalue weighted by molar-refractivity contribution is 0.382. The highest BCUT2D eigenvalue weighted by atomic mass is 32.2. The van der Waals surface area contributed by atoms with Gasteiger partial charge in [-0.2, -0.15) is 13.1 Å². The molecule has 0 saturated heterocycles. The normalized spacial score (nSPS) is 17.8. The molecule has 1 rings (SSSR count). The summed E-state index contributed by atoms with van der Waals surface area (Å²) in [4.78, 5) is 4.06. The number of nitrogens with one attached hydrogen (secondary N) is 3. The summed E-state index contributed by atoms with van der Waals surface area (Å²) >= 11 is 0. The van der Waals surface area contributed by atoms with E-state index in [1.165, 1.54) is 6.42 Å². The highest BCUT2D eigenvalue weighted by Crippen LogP contribution is 2.17. The number of nitrogens with two attached hydrogens (primary N) is 1. The molecule has 0 amide bonds. The molecule has 106 valence electrons. The summed E-state index contributed by atoms with van der Waals surface area (Å²) < 4.78 is 27.6. The minimum atomic E-state index is -3.43. The van der Waals surface area contributed by atoms with Gasteiger partial charge in [-0.05, 0) is 33.1 Å². The molecule has 1 aliphatic rings. The van der Waals surface area contributed by atoms with Gasteiger partial charge in [-0.1, -0.05) is 0 Å². The van der Waals surface area contributed by atoms with Crippen molar-refractivity contribution >= 4 is 16.2 Å². The van der Waals surface area contributed by atoms with Gasteiger partial charge >= 0.3 is 0 Å². The Labute approximate surface area is 109 Å². The third-order valence-electron chi connectivity index (χ3n) is 2.53. The van der Waals surface area contributed by atoms with Crippen LogP contribution >= 0.6 is 0 Å². The fourth-order valence-electron chi connectivity index (χ4n) is 1.52. The lowest BCUT2D eigenvalue weighted by Crippen LogP contribution is -2.44. The standard InChI is InChI=1S/C10H23N5O2S/c1-8(2)15-18(16,17)13-7-6-12-10(11)14-9-4-3-5-9/h8-9,13,15H,3-7H2,1-2H3,(H3,11,12,14). The third-order valence-corrected chi connectivity index (χ3v) is 3.90. The van der Waals surface area contributed by atoms with E-state index < -0.39 is 10.2 Å². The van der Waals surface area contributed by atoms with Crippen LogP contribution in [0.4, 0.5) is 0 Å². The highest BCUT2D eigenvalue weighted by Gasteiger charge is 2.17. The van der Waals surface area contributed by atoms with Crippen molar-refractivity contribution in [2.45, 2.75) is 45.2 Å². The second-order valence-corrected chi connectivity index (χ2v) is 6.24. The molecule has 1 fully saturated rings. The Balaban J connectivity index is 2.18. The summed E-state index contributed by atoms with van der Waals surface area (Å²) in [5.41, 5.74) is 5.66. The maximum atomic E-state index is 11.4. The molecule has 1 saturated carbocycles. The van der Waals surface area contributed by atoms with Gasteiger partial charge < -0.3 is 11.1 Å². The Morgan fingerprint density at radius 3 is 2.61 bits per heavy atom. The second kappa shape index (κ2) is 6.91. The van der Waals surface area contributed by atoms with Gasteiger partial charge in [0.25, 0.3) is 10.2 Å². The molecule has 0 aromatic carbocycles. The minimum Gasteiger partial charge on any atom is -0.370 e. The SMILES string of the molecule is CC(C)NS(=O)(=O)NCCN=C(N)NC1CCC1. The Morgan fingerprint density at radius 2 is 2.11 bits per heavy atom. The van der Waals surface area contributed by atoms with Gasteiger partial charge in [0, 0.05) is 18.6 Å². The molecule has 0 spiro atoms. The molecule has 7 nitrogen and oxygen atoms in total. The van der Waals surface area contributed by atoms with Crippen LogP contribution in [0.2, 0.25) is 0 Å². The lowest BCUT2D eigenvalue weighted by atomic mass is 9.93. The molecule has 0 bridgehead atoms. The van der Waals surface area contributed by atoms with Crippen LogP contribution in [-0.4, -0.2) is 39.6 Å². The first kappa shape index (κ1) is 15.2. The van der Waals surface area contributed by atoms with Crippen molar-refractivity contribution in [3.8, 4) is 0 Å². The van der Waals surface area contributed by atoms with Crippen LogP contribution in [0, 0.1) is 0 Å². The van der Waals surface area contributed by atoms with Crippen LogP contribution in [0.15, 0.2) is 4.99 Å². The summed E-state index contributed by atoms with van der Waals surface area (Å²) in [6, 6.07) is 0.310. The number of nitrogens with zero attached hydrogens (tertiary/aromatic N) is 1. The van der Waals surface area contributed by atoms with E-state index in [1.54, 1.807) is 13.8 Å². The number of hydrogen-bond donors (Lipinski definition) is 4. The number of guanidine groups is 1. The quantitative estimate of drug-likeness (QED) is 0.279. The highest BCUT2D eigenvalue weighted by molar-refractivity contribution is 7.87. The van der Waals surface area contributed by atoms with E-state index in [-0.39, 0.29) is 12.6 Å². The van der Waals surface area contributed by atoms with Crippen LogP contribution in [0.3, 0.4) is 0 Å². The molecular weight excluding hydrogens is 254 g/mol. The first-order valence-electron chi connectivity index (χ1n) is 6.22. The number of hydrogen-bond acceptors (Lipinski definition) is 3. The Hall–Kier alpha value is -0.860. The van der Waals surface area contributed by atoms with E-state index in [0.717, 1.165) is 12.8 Å². The van der Waals surface area contributed by atoms with Crippen molar-refractivity contribution in [3.05, 3.63) is 0 Å². The monoisotopic (exact) mass is 277 g/mol. The molecule has 0 aromatic rings. The van der Waals surface area contributed by atoms with E-state index in [2.05, 4.69) is 19.8 Å². The largest absolute Gasteiger partial charge is 0.370 e. The lowest BCUT2D eigenvalue weighted by Gasteiger charge is -2.26. The third kappa shape index (κ3) is 6.18. The molecule has 8 heteroatoms. The molecule has 18 heavy (non-hydrogen) atoms. The van der Waals surface area contributed by atoms with Gasteiger partial charge in [-0.15, -0.1) is 0 Å². The van der Waals surface area contributed by atoms with Crippen molar-refractivity contribution in [2.75, 3.05) is 13.1 Å². The summed E-state index contributed by atoms with van der Waals surface area (Å²) in [7, 11) is -3.43. The predicted octanol–water partition coefficient (Wildman–Crippen LogP) is -0.724. The average molecular weight is 277 g/mol. The summed E-state index contributed by atoms with van der Waals surface area (Å²) in [5.74, 6) is 0.385. The zero-order valence-corrected chi connectivity index (χ0v) is 11.8. The van der Waals surface area contributed by atoms with Gasteiger partial charge in [0.1, 0.15) is 0 Å². The Morgan fingerprint density at radius 1 is 1.44 bits per heavy atom. The fraction of sp³-hybridized carbons (Fsp3) is 0.900. The molecule has 0 heterocycles. The topological polar surface area (TPSA) is 109 Å². The maximum absolute atomic E-state index is 11.4.